The van der Waals surface area contributed by atoms with Gasteiger partial charge in [0, 0.05) is 12.1 Å². The number of benzene rings is 1. The van der Waals surface area contributed by atoms with Crippen molar-refractivity contribution >= 4 is 16.6 Å². The molecule has 1 heterocycles. The Balaban J connectivity index is 2.86. The number of nitro groups is 1. The lowest BCUT2D eigenvalue weighted by atomic mass is 10.2. The molecule has 1 aromatic heterocycles. The molecule has 0 aliphatic carbocycles. The van der Waals surface area contributed by atoms with Gasteiger partial charge in [-0.2, -0.15) is 0 Å². The maximum atomic E-state index is 12.0. The Morgan fingerprint density at radius 1 is 1.41 bits per heavy atom. The molecule has 2 aromatic rings. The molecule has 0 aliphatic rings. The first-order valence-electron chi connectivity index (χ1n) is 5.16. The minimum atomic E-state index is -0.533. The predicted octanol–water partition coefficient (Wildman–Crippen LogP) is 1.89. The van der Waals surface area contributed by atoms with Crippen molar-refractivity contribution < 1.29 is 4.92 Å². The molecule has 0 fully saturated rings. The summed E-state index contributed by atoms with van der Waals surface area (Å²) in [7, 11) is 0. The molecule has 0 unspecified atom stereocenters. The number of hydrogen-bond acceptors (Lipinski definition) is 4. The van der Waals surface area contributed by atoms with E-state index >= 15 is 0 Å². The van der Waals surface area contributed by atoms with Gasteiger partial charge in [0.05, 0.1) is 16.6 Å². The monoisotopic (exact) mass is 233 g/mol. The minimum Gasteiger partial charge on any atom is -0.296 e. The Morgan fingerprint density at radius 3 is 2.71 bits per heavy atom. The third kappa shape index (κ3) is 1.77. The van der Waals surface area contributed by atoms with Crippen molar-refractivity contribution in [1.82, 2.24) is 9.55 Å². The molecule has 0 spiro atoms. The average Bonchev–Trinajstić information content (AvgIpc) is 2.28. The van der Waals surface area contributed by atoms with Gasteiger partial charge in [-0.05, 0) is 19.9 Å². The van der Waals surface area contributed by atoms with E-state index in [2.05, 4.69) is 4.98 Å². The van der Waals surface area contributed by atoms with E-state index in [0.717, 1.165) is 0 Å². The van der Waals surface area contributed by atoms with Crippen LogP contribution in [-0.4, -0.2) is 14.5 Å². The van der Waals surface area contributed by atoms with Crippen molar-refractivity contribution in [2.45, 2.75) is 19.9 Å². The summed E-state index contributed by atoms with van der Waals surface area (Å²) in [6.07, 6.45) is 1.35. The van der Waals surface area contributed by atoms with E-state index in [9.17, 15) is 14.9 Å². The number of aromatic nitrogens is 2. The van der Waals surface area contributed by atoms with Crippen LogP contribution in [0.15, 0.2) is 29.3 Å². The van der Waals surface area contributed by atoms with Gasteiger partial charge in [-0.3, -0.25) is 19.5 Å². The fraction of sp³-hybridized carbons (Fsp3) is 0.273. The number of fused-ring (bicyclic) bond motifs is 1. The highest BCUT2D eigenvalue weighted by Crippen LogP contribution is 2.20. The van der Waals surface area contributed by atoms with Crippen LogP contribution in [0.5, 0.6) is 0 Å². The quantitative estimate of drug-likeness (QED) is 0.586. The van der Waals surface area contributed by atoms with Crippen LogP contribution < -0.4 is 5.56 Å². The van der Waals surface area contributed by atoms with E-state index in [1.807, 2.05) is 13.8 Å². The highest BCUT2D eigenvalue weighted by Gasteiger charge is 2.15. The number of para-hydroxylation sites is 1. The molecule has 88 valence electrons. The molecule has 6 nitrogen and oxygen atoms in total. The Hall–Kier alpha value is -2.24. The molecule has 17 heavy (non-hydrogen) atoms. The van der Waals surface area contributed by atoms with Crippen LogP contribution in [0.4, 0.5) is 5.69 Å². The molecule has 6 heteroatoms. The van der Waals surface area contributed by atoms with Crippen molar-refractivity contribution in [3.8, 4) is 0 Å². The molecule has 0 radical (unpaired) electrons. The Labute approximate surface area is 96.7 Å². The second-order valence-corrected chi connectivity index (χ2v) is 3.98. The van der Waals surface area contributed by atoms with Gasteiger partial charge in [0.25, 0.3) is 11.2 Å². The zero-order valence-corrected chi connectivity index (χ0v) is 9.45. The van der Waals surface area contributed by atoms with Crippen LogP contribution in [0.25, 0.3) is 10.9 Å². The first-order chi connectivity index (χ1) is 8.02. The van der Waals surface area contributed by atoms with E-state index in [4.69, 9.17) is 0 Å². The van der Waals surface area contributed by atoms with Crippen molar-refractivity contribution in [2.75, 3.05) is 0 Å². The van der Waals surface area contributed by atoms with Gasteiger partial charge in [-0.15, -0.1) is 0 Å². The lowest BCUT2D eigenvalue weighted by Crippen LogP contribution is -2.22. The van der Waals surface area contributed by atoms with Crippen molar-refractivity contribution in [3.05, 3.63) is 45.0 Å². The van der Waals surface area contributed by atoms with Gasteiger partial charge in [0.2, 0.25) is 0 Å². The van der Waals surface area contributed by atoms with Gasteiger partial charge in [0.15, 0.2) is 5.52 Å². The maximum Gasteiger partial charge on any atom is 0.295 e. The number of hydrogen-bond donors (Lipinski definition) is 0. The molecule has 0 aliphatic heterocycles. The highest BCUT2D eigenvalue weighted by atomic mass is 16.6. The lowest BCUT2D eigenvalue weighted by molar-refractivity contribution is -0.383. The van der Waals surface area contributed by atoms with E-state index < -0.39 is 4.92 Å². The Bertz CT molecular complexity index is 646. The van der Waals surface area contributed by atoms with Gasteiger partial charge >= 0.3 is 0 Å². The van der Waals surface area contributed by atoms with Gasteiger partial charge < -0.3 is 0 Å². The van der Waals surface area contributed by atoms with E-state index in [0.29, 0.717) is 0 Å². The highest BCUT2D eigenvalue weighted by molar-refractivity contribution is 5.85. The first-order valence-corrected chi connectivity index (χ1v) is 5.16. The van der Waals surface area contributed by atoms with Crippen LogP contribution in [-0.2, 0) is 0 Å². The molecule has 0 bridgehead atoms. The Kier molecular flexibility index (Phi) is 2.63. The third-order valence-electron chi connectivity index (χ3n) is 2.54. The number of nitrogens with zero attached hydrogens (tertiary/aromatic N) is 3. The largest absolute Gasteiger partial charge is 0.296 e. The topological polar surface area (TPSA) is 78.0 Å². The minimum absolute atomic E-state index is 0.0290. The molecule has 0 saturated carbocycles. The second-order valence-electron chi connectivity index (χ2n) is 3.98. The Morgan fingerprint density at radius 2 is 2.12 bits per heavy atom. The van der Waals surface area contributed by atoms with E-state index in [1.165, 1.54) is 23.0 Å². The van der Waals surface area contributed by atoms with Gasteiger partial charge in [0.1, 0.15) is 0 Å². The molecule has 0 atom stereocenters. The average molecular weight is 233 g/mol. The zero-order chi connectivity index (χ0) is 12.6. The summed E-state index contributed by atoms with van der Waals surface area (Å²) >= 11 is 0. The smallest absolute Gasteiger partial charge is 0.295 e. The summed E-state index contributed by atoms with van der Waals surface area (Å²) in [6, 6.07) is 4.36. The normalized spacial score (nSPS) is 11.0. The molecule has 0 N–H and O–H groups in total. The molecule has 1 aromatic carbocycles. The van der Waals surface area contributed by atoms with Gasteiger partial charge in [-0.1, -0.05) is 6.07 Å². The standard InChI is InChI=1S/C11H11N3O3/c1-7(2)13-6-12-10-8(11(13)15)4-3-5-9(10)14(16)17/h3-7H,1-2H3. The predicted molar refractivity (Wildman–Crippen MR) is 63.0 cm³/mol. The number of nitro benzene ring substituents is 1. The molecule has 2 rings (SSSR count). The molecular weight excluding hydrogens is 222 g/mol. The molecule has 0 saturated heterocycles. The maximum absolute atomic E-state index is 12.0. The number of non-ortho nitro benzene ring substituents is 1. The summed E-state index contributed by atoms with van der Waals surface area (Å²) in [6.45, 7) is 3.71. The lowest BCUT2D eigenvalue weighted by Gasteiger charge is -2.09. The van der Waals surface area contributed by atoms with Gasteiger partial charge in [-0.25, -0.2) is 4.98 Å². The van der Waals surface area contributed by atoms with Crippen LogP contribution in [0, 0.1) is 10.1 Å². The van der Waals surface area contributed by atoms with Crippen molar-refractivity contribution in [2.24, 2.45) is 0 Å². The van der Waals surface area contributed by atoms with Crippen LogP contribution in [0.3, 0.4) is 0 Å². The fourth-order valence-corrected chi connectivity index (χ4v) is 1.67. The molecular formula is C11H11N3O3. The van der Waals surface area contributed by atoms with Crippen LogP contribution in [0.1, 0.15) is 19.9 Å². The van der Waals surface area contributed by atoms with Crippen molar-refractivity contribution in [1.29, 1.82) is 0 Å². The first kappa shape index (κ1) is 11.3. The summed E-state index contributed by atoms with van der Waals surface area (Å²) in [5.74, 6) is 0. The fourth-order valence-electron chi connectivity index (χ4n) is 1.67. The third-order valence-corrected chi connectivity index (χ3v) is 2.54. The summed E-state index contributed by atoms with van der Waals surface area (Å²) in [5, 5.41) is 11.1. The zero-order valence-electron chi connectivity index (χ0n) is 9.45. The number of rotatable bonds is 2. The summed E-state index contributed by atoms with van der Waals surface area (Å²) < 4.78 is 1.45. The summed E-state index contributed by atoms with van der Waals surface area (Å²) in [4.78, 5) is 26.3. The van der Waals surface area contributed by atoms with E-state index in [-0.39, 0.29) is 28.2 Å². The van der Waals surface area contributed by atoms with Crippen molar-refractivity contribution in [3.63, 3.8) is 0 Å². The second kappa shape index (κ2) is 3.97. The van der Waals surface area contributed by atoms with E-state index in [1.54, 1.807) is 6.07 Å². The SMILES string of the molecule is CC(C)n1cnc2c([N+](=O)[O-])cccc2c1=O. The summed E-state index contributed by atoms with van der Waals surface area (Å²) in [5.41, 5.74) is -0.261. The van der Waals surface area contributed by atoms with Crippen LogP contribution in [0.2, 0.25) is 0 Å². The molecule has 0 amide bonds. The van der Waals surface area contributed by atoms with Crippen LogP contribution >= 0.6 is 0 Å².